The third-order valence-electron chi connectivity index (χ3n) is 3.58. The summed E-state index contributed by atoms with van der Waals surface area (Å²) >= 11 is 0. The Kier molecular flexibility index (Phi) is 7.44. The highest BCUT2D eigenvalue weighted by Crippen LogP contribution is 2.66. The maximum absolute atomic E-state index is 11.9. The van der Waals surface area contributed by atoms with Crippen LogP contribution < -0.4 is 11.2 Å². The van der Waals surface area contributed by atoms with Crippen LogP contribution in [0, 0.1) is 6.92 Å². The van der Waals surface area contributed by atoms with Gasteiger partial charge in [0.05, 0.1) is 6.61 Å². The summed E-state index contributed by atoms with van der Waals surface area (Å²) in [4.78, 5) is 60.6. The number of aliphatic hydroxyl groups is 2. The first-order valence-corrected chi connectivity index (χ1v) is 12.2. The minimum Gasteiger partial charge on any atom is -0.387 e. The minimum absolute atomic E-state index is 0.0663. The lowest BCUT2D eigenvalue weighted by Crippen LogP contribution is -2.38. The zero-order chi connectivity index (χ0) is 23.1. The first-order chi connectivity index (χ1) is 13.5. The van der Waals surface area contributed by atoms with Crippen LogP contribution in [-0.4, -0.2) is 64.3 Å². The molecule has 1 aromatic rings. The summed E-state index contributed by atoms with van der Waals surface area (Å²) in [7, 11) is -16.8. The molecule has 0 bridgehead atoms. The molecule has 2 heterocycles. The third kappa shape index (κ3) is 6.48. The number of aromatic amines is 1. The average Bonchev–Trinajstić information content (AvgIpc) is 2.81. The van der Waals surface area contributed by atoms with E-state index in [0.717, 1.165) is 10.8 Å². The quantitative estimate of drug-likeness (QED) is 0.188. The second kappa shape index (κ2) is 8.84. The summed E-state index contributed by atoms with van der Waals surface area (Å²) in [5, 5.41) is 20.1. The van der Waals surface area contributed by atoms with E-state index in [1.807, 2.05) is 4.98 Å². The predicted octanol–water partition coefficient (Wildman–Crippen LogP) is -2.19. The zero-order valence-corrected chi connectivity index (χ0v) is 17.4. The van der Waals surface area contributed by atoms with Crippen molar-refractivity contribution < 1.29 is 61.4 Å². The fourth-order valence-corrected chi connectivity index (χ4v) is 5.37. The highest BCUT2D eigenvalue weighted by atomic mass is 31.3. The minimum atomic E-state index is -5.73. The van der Waals surface area contributed by atoms with Crippen LogP contribution in [0.1, 0.15) is 11.8 Å². The van der Waals surface area contributed by atoms with Gasteiger partial charge in [-0.3, -0.25) is 18.9 Å². The standard InChI is InChI=1S/C10H17N2O15P3/c1-4-2-12(10(16)11-8(4)15)9-7(14)6(13)5(25-9)3-24-29(20,21)27-30(22,23)26-28(17,18)19/h2,5-7,9,13-14H,3H2,1H3,(H,20,21)(H,22,23)(H,11,15,16)(H2,17,18,19). The molecule has 1 aliphatic rings. The first-order valence-electron chi connectivity index (χ1n) is 7.63. The Morgan fingerprint density at radius 3 is 2.23 bits per heavy atom. The molecule has 6 atom stereocenters. The van der Waals surface area contributed by atoms with Crippen molar-refractivity contribution in [2.24, 2.45) is 0 Å². The van der Waals surface area contributed by atoms with Crippen molar-refractivity contribution in [3.8, 4) is 0 Å². The van der Waals surface area contributed by atoms with Gasteiger partial charge in [0.1, 0.15) is 18.3 Å². The molecule has 6 unspecified atom stereocenters. The van der Waals surface area contributed by atoms with Gasteiger partial charge in [-0.2, -0.15) is 8.62 Å². The van der Waals surface area contributed by atoms with Gasteiger partial charge >= 0.3 is 29.2 Å². The molecule has 1 aliphatic heterocycles. The normalized spacial score (nSPS) is 28.8. The molecule has 30 heavy (non-hydrogen) atoms. The van der Waals surface area contributed by atoms with E-state index in [-0.39, 0.29) is 5.56 Å². The fraction of sp³-hybridized carbons (Fsp3) is 0.600. The van der Waals surface area contributed by atoms with Crippen molar-refractivity contribution in [3.05, 3.63) is 32.6 Å². The van der Waals surface area contributed by atoms with Gasteiger partial charge in [-0.15, -0.1) is 0 Å². The number of nitrogens with zero attached hydrogens (tertiary/aromatic N) is 1. The maximum atomic E-state index is 11.9. The number of aliphatic hydroxyl groups excluding tert-OH is 2. The molecule has 1 aromatic heterocycles. The van der Waals surface area contributed by atoms with E-state index >= 15 is 0 Å². The number of ether oxygens (including phenoxy) is 1. The average molecular weight is 498 g/mol. The number of aromatic nitrogens is 2. The van der Waals surface area contributed by atoms with Crippen molar-refractivity contribution in [1.29, 1.82) is 0 Å². The highest BCUT2D eigenvalue weighted by Gasteiger charge is 2.46. The van der Waals surface area contributed by atoms with Crippen molar-refractivity contribution in [3.63, 3.8) is 0 Å². The van der Waals surface area contributed by atoms with E-state index in [2.05, 4.69) is 13.1 Å². The predicted molar refractivity (Wildman–Crippen MR) is 91.8 cm³/mol. The largest absolute Gasteiger partial charge is 0.490 e. The van der Waals surface area contributed by atoms with E-state index in [0.29, 0.717) is 0 Å². The number of phosphoric ester groups is 1. The Labute approximate surface area is 165 Å². The molecule has 0 saturated carbocycles. The molecule has 0 amide bonds. The number of aryl methyl sites for hydroxylation is 1. The Bertz CT molecular complexity index is 1040. The van der Waals surface area contributed by atoms with Crippen LogP contribution in [0.15, 0.2) is 15.8 Å². The van der Waals surface area contributed by atoms with Crippen molar-refractivity contribution in [2.45, 2.75) is 31.5 Å². The van der Waals surface area contributed by atoms with Crippen LogP contribution in [0.5, 0.6) is 0 Å². The molecule has 20 heteroatoms. The summed E-state index contributed by atoms with van der Waals surface area (Å²) < 4.78 is 50.8. The number of nitrogens with one attached hydrogen (secondary N) is 1. The first kappa shape index (κ1) is 25.2. The summed E-state index contributed by atoms with van der Waals surface area (Å²) in [5.41, 5.74) is -1.62. The van der Waals surface area contributed by atoms with Gasteiger partial charge in [0, 0.05) is 11.8 Å². The van der Waals surface area contributed by atoms with Crippen LogP contribution in [0.4, 0.5) is 0 Å². The van der Waals surface area contributed by atoms with Crippen LogP contribution in [-0.2, 0) is 31.6 Å². The molecule has 17 nitrogen and oxygen atoms in total. The van der Waals surface area contributed by atoms with Crippen molar-refractivity contribution >= 4 is 23.5 Å². The Morgan fingerprint density at radius 1 is 1.07 bits per heavy atom. The Balaban J connectivity index is 2.09. The van der Waals surface area contributed by atoms with E-state index in [9.17, 15) is 38.4 Å². The van der Waals surface area contributed by atoms with Crippen LogP contribution in [0.2, 0.25) is 0 Å². The summed E-state index contributed by atoms with van der Waals surface area (Å²) in [6.07, 6.45) is -5.64. The van der Waals surface area contributed by atoms with Crippen LogP contribution >= 0.6 is 23.5 Å². The van der Waals surface area contributed by atoms with Gasteiger partial charge in [0.2, 0.25) is 0 Å². The number of hydrogen-bond donors (Lipinski definition) is 7. The summed E-state index contributed by atoms with van der Waals surface area (Å²) in [6.45, 7) is 0.300. The van der Waals surface area contributed by atoms with E-state index in [4.69, 9.17) is 19.4 Å². The van der Waals surface area contributed by atoms with Gasteiger partial charge in [-0.25, -0.2) is 18.5 Å². The number of hydrogen-bond acceptors (Lipinski definition) is 11. The maximum Gasteiger partial charge on any atom is 0.490 e. The Hall–Kier alpha value is -1.03. The van der Waals surface area contributed by atoms with Crippen molar-refractivity contribution in [1.82, 2.24) is 9.55 Å². The molecule has 0 aliphatic carbocycles. The lowest BCUT2D eigenvalue weighted by Gasteiger charge is -2.19. The number of rotatable bonds is 8. The molecule has 0 radical (unpaired) electrons. The van der Waals surface area contributed by atoms with E-state index < -0.39 is 65.9 Å². The molecule has 2 rings (SSSR count). The number of H-pyrrole nitrogens is 1. The van der Waals surface area contributed by atoms with Gasteiger partial charge in [0.15, 0.2) is 6.23 Å². The lowest BCUT2D eigenvalue weighted by atomic mass is 10.1. The molecular formula is C10H17N2O15P3. The fourth-order valence-electron chi connectivity index (χ4n) is 2.34. The van der Waals surface area contributed by atoms with Gasteiger partial charge in [0.25, 0.3) is 5.56 Å². The van der Waals surface area contributed by atoms with Crippen LogP contribution in [0.25, 0.3) is 0 Å². The monoisotopic (exact) mass is 498 g/mol. The van der Waals surface area contributed by atoms with Crippen LogP contribution in [0.3, 0.4) is 0 Å². The molecule has 0 aromatic carbocycles. The molecular weight excluding hydrogens is 481 g/mol. The lowest BCUT2D eigenvalue weighted by molar-refractivity contribution is -0.0543. The molecule has 1 fully saturated rings. The van der Waals surface area contributed by atoms with E-state index in [1.54, 1.807) is 0 Å². The summed E-state index contributed by atoms with van der Waals surface area (Å²) in [5.74, 6) is 0. The van der Waals surface area contributed by atoms with Gasteiger partial charge in [-0.05, 0) is 6.92 Å². The molecule has 0 spiro atoms. The molecule has 7 N–H and O–H groups in total. The zero-order valence-electron chi connectivity index (χ0n) is 14.7. The molecule has 1 saturated heterocycles. The Morgan fingerprint density at radius 2 is 1.67 bits per heavy atom. The van der Waals surface area contributed by atoms with Gasteiger partial charge < -0.3 is 34.5 Å². The van der Waals surface area contributed by atoms with Crippen molar-refractivity contribution in [2.75, 3.05) is 6.61 Å². The van der Waals surface area contributed by atoms with E-state index in [1.165, 1.54) is 6.92 Å². The summed E-state index contributed by atoms with van der Waals surface area (Å²) in [6, 6.07) is 0. The highest BCUT2D eigenvalue weighted by molar-refractivity contribution is 7.66. The second-order valence-corrected chi connectivity index (χ2v) is 10.3. The topological polar surface area (TPSA) is 264 Å². The number of phosphoric acid groups is 3. The smallest absolute Gasteiger partial charge is 0.387 e. The van der Waals surface area contributed by atoms with Gasteiger partial charge in [-0.1, -0.05) is 0 Å². The SMILES string of the molecule is Cc1cn(C2OC(COP(=O)(O)OP(=O)(O)OP(=O)(O)O)C(O)C2O)c(=O)[nH]c1=O. The third-order valence-corrected chi connectivity index (χ3v) is 7.38. The second-order valence-electron chi connectivity index (χ2n) is 5.91. The molecule has 172 valence electrons.